The maximum Gasteiger partial charge on any atom is 0.0700 e. The highest BCUT2D eigenvalue weighted by Gasteiger charge is 1.97. The van der Waals surface area contributed by atoms with Crippen molar-refractivity contribution >= 4 is 0 Å². The zero-order chi connectivity index (χ0) is 9.94. The molecular formula is C11H24O2. The maximum absolute atomic E-state index is 5.43. The highest BCUT2D eigenvalue weighted by Crippen LogP contribution is 2.05. The molecule has 0 aliphatic carbocycles. The van der Waals surface area contributed by atoms with Crippen LogP contribution in [0.2, 0.25) is 0 Å². The van der Waals surface area contributed by atoms with Gasteiger partial charge in [-0.1, -0.05) is 27.2 Å². The lowest BCUT2D eigenvalue weighted by molar-refractivity contribution is 0.0435. The van der Waals surface area contributed by atoms with Crippen molar-refractivity contribution in [1.29, 1.82) is 0 Å². The predicted molar refractivity (Wildman–Crippen MR) is 56.0 cm³/mol. The van der Waals surface area contributed by atoms with Gasteiger partial charge in [0.05, 0.1) is 13.2 Å². The number of hydrogen-bond donors (Lipinski definition) is 0. The Morgan fingerprint density at radius 2 is 1.54 bits per heavy atom. The number of rotatable bonds is 9. The van der Waals surface area contributed by atoms with Crippen LogP contribution < -0.4 is 0 Å². The van der Waals surface area contributed by atoms with Crippen LogP contribution in [-0.2, 0) is 9.47 Å². The molecule has 0 spiro atoms. The van der Waals surface area contributed by atoms with Gasteiger partial charge in [-0.05, 0) is 18.8 Å². The molecule has 0 aromatic heterocycles. The molecule has 1 unspecified atom stereocenters. The van der Waals surface area contributed by atoms with Crippen LogP contribution in [0.4, 0.5) is 0 Å². The van der Waals surface area contributed by atoms with Gasteiger partial charge in [0, 0.05) is 13.2 Å². The maximum atomic E-state index is 5.43. The van der Waals surface area contributed by atoms with Crippen molar-refractivity contribution in [2.24, 2.45) is 5.92 Å². The minimum Gasteiger partial charge on any atom is -0.379 e. The Morgan fingerprint density at radius 1 is 0.923 bits per heavy atom. The van der Waals surface area contributed by atoms with Crippen molar-refractivity contribution in [2.45, 2.75) is 40.0 Å². The van der Waals surface area contributed by atoms with Crippen LogP contribution in [0.5, 0.6) is 0 Å². The second-order valence-electron chi connectivity index (χ2n) is 3.53. The van der Waals surface area contributed by atoms with E-state index in [1.54, 1.807) is 0 Å². The lowest BCUT2D eigenvalue weighted by atomic mass is 10.1. The molecule has 0 N–H and O–H groups in total. The van der Waals surface area contributed by atoms with Gasteiger partial charge in [0.25, 0.3) is 0 Å². The van der Waals surface area contributed by atoms with Gasteiger partial charge in [-0.25, -0.2) is 0 Å². The van der Waals surface area contributed by atoms with E-state index in [9.17, 15) is 0 Å². The van der Waals surface area contributed by atoms with E-state index >= 15 is 0 Å². The average Bonchev–Trinajstić information content (AvgIpc) is 2.16. The summed E-state index contributed by atoms with van der Waals surface area (Å²) in [5.41, 5.74) is 0. The summed E-state index contributed by atoms with van der Waals surface area (Å²) in [6.45, 7) is 9.82. The summed E-state index contributed by atoms with van der Waals surface area (Å²) in [5.74, 6) is 0.788. The van der Waals surface area contributed by atoms with Gasteiger partial charge in [-0.2, -0.15) is 0 Å². The van der Waals surface area contributed by atoms with E-state index in [-0.39, 0.29) is 0 Å². The SMILES string of the molecule is CCCOCCOCCC(C)CC. The molecule has 0 bridgehead atoms. The van der Waals surface area contributed by atoms with Gasteiger partial charge in [0.1, 0.15) is 0 Å². The Hall–Kier alpha value is -0.0800. The molecule has 2 heteroatoms. The first-order valence-corrected chi connectivity index (χ1v) is 5.46. The summed E-state index contributed by atoms with van der Waals surface area (Å²) in [5, 5.41) is 0. The molecule has 0 aliphatic rings. The highest BCUT2D eigenvalue weighted by molar-refractivity contribution is 4.47. The molecule has 0 saturated carbocycles. The molecule has 0 fully saturated rings. The van der Waals surface area contributed by atoms with Gasteiger partial charge in [0.2, 0.25) is 0 Å². The molecule has 0 aromatic carbocycles. The molecule has 0 saturated heterocycles. The van der Waals surface area contributed by atoms with Crippen LogP contribution in [-0.4, -0.2) is 26.4 Å². The Labute approximate surface area is 82.6 Å². The first-order chi connectivity index (χ1) is 6.31. The normalized spacial score (nSPS) is 13.2. The lowest BCUT2D eigenvalue weighted by Crippen LogP contribution is -2.07. The summed E-state index contributed by atoms with van der Waals surface area (Å²) in [6, 6.07) is 0. The van der Waals surface area contributed by atoms with Gasteiger partial charge in [0.15, 0.2) is 0 Å². The third-order valence-electron chi connectivity index (χ3n) is 2.17. The molecule has 13 heavy (non-hydrogen) atoms. The number of ether oxygens (including phenoxy) is 2. The van der Waals surface area contributed by atoms with E-state index in [2.05, 4.69) is 20.8 Å². The summed E-state index contributed by atoms with van der Waals surface area (Å²) in [7, 11) is 0. The van der Waals surface area contributed by atoms with Crippen molar-refractivity contribution in [3.05, 3.63) is 0 Å². The van der Waals surface area contributed by atoms with E-state index < -0.39 is 0 Å². The first-order valence-electron chi connectivity index (χ1n) is 5.46. The molecule has 0 rings (SSSR count). The van der Waals surface area contributed by atoms with Gasteiger partial charge >= 0.3 is 0 Å². The smallest absolute Gasteiger partial charge is 0.0700 e. The molecule has 80 valence electrons. The number of hydrogen-bond acceptors (Lipinski definition) is 2. The fourth-order valence-corrected chi connectivity index (χ4v) is 0.955. The van der Waals surface area contributed by atoms with E-state index in [0.29, 0.717) is 0 Å². The van der Waals surface area contributed by atoms with Crippen LogP contribution in [0.1, 0.15) is 40.0 Å². The summed E-state index contributed by atoms with van der Waals surface area (Å²) in [4.78, 5) is 0. The van der Waals surface area contributed by atoms with Crippen LogP contribution in [0.25, 0.3) is 0 Å². The Bertz CT molecular complexity index is 94.1. The highest BCUT2D eigenvalue weighted by atomic mass is 16.5. The fraction of sp³-hybridized carbons (Fsp3) is 1.00. The second kappa shape index (κ2) is 10.0. The molecule has 2 nitrogen and oxygen atoms in total. The largest absolute Gasteiger partial charge is 0.379 e. The van der Waals surface area contributed by atoms with Crippen molar-refractivity contribution in [2.75, 3.05) is 26.4 Å². The Morgan fingerprint density at radius 3 is 2.08 bits per heavy atom. The summed E-state index contributed by atoms with van der Waals surface area (Å²) in [6.07, 6.45) is 3.51. The van der Waals surface area contributed by atoms with Crippen LogP contribution in [0.3, 0.4) is 0 Å². The van der Waals surface area contributed by atoms with Crippen molar-refractivity contribution in [1.82, 2.24) is 0 Å². The van der Waals surface area contributed by atoms with E-state index in [4.69, 9.17) is 9.47 Å². The van der Waals surface area contributed by atoms with Crippen molar-refractivity contribution < 1.29 is 9.47 Å². The van der Waals surface area contributed by atoms with E-state index in [1.165, 1.54) is 12.8 Å². The standard InChI is InChI=1S/C11H24O2/c1-4-7-12-9-10-13-8-6-11(3)5-2/h11H,4-10H2,1-3H3. The van der Waals surface area contributed by atoms with Gasteiger partial charge < -0.3 is 9.47 Å². The van der Waals surface area contributed by atoms with Crippen LogP contribution >= 0.6 is 0 Å². The topological polar surface area (TPSA) is 18.5 Å². The molecule has 0 heterocycles. The monoisotopic (exact) mass is 188 g/mol. The first kappa shape index (κ1) is 12.9. The van der Waals surface area contributed by atoms with Crippen molar-refractivity contribution in [3.8, 4) is 0 Å². The van der Waals surface area contributed by atoms with Crippen LogP contribution in [0.15, 0.2) is 0 Å². The van der Waals surface area contributed by atoms with Crippen LogP contribution in [0, 0.1) is 5.92 Å². The molecule has 0 aliphatic heterocycles. The summed E-state index contributed by atoms with van der Waals surface area (Å²) >= 11 is 0. The van der Waals surface area contributed by atoms with Gasteiger partial charge in [-0.3, -0.25) is 0 Å². The lowest BCUT2D eigenvalue weighted by Gasteiger charge is -2.08. The minimum atomic E-state index is 0.744. The molecule has 1 atom stereocenters. The van der Waals surface area contributed by atoms with E-state index in [0.717, 1.165) is 38.8 Å². The third-order valence-corrected chi connectivity index (χ3v) is 2.17. The predicted octanol–water partition coefficient (Wildman–Crippen LogP) is 2.87. The zero-order valence-corrected chi connectivity index (χ0v) is 9.34. The molecular weight excluding hydrogens is 164 g/mol. The average molecular weight is 188 g/mol. The Balaban J connectivity index is 2.91. The zero-order valence-electron chi connectivity index (χ0n) is 9.34. The van der Waals surface area contributed by atoms with Gasteiger partial charge in [-0.15, -0.1) is 0 Å². The minimum absolute atomic E-state index is 0.744. The quantitative estimate of drug-likeness (QED) is 0.518. The second-order valence-corrected chi connectivity index (χ2v) is 3.53. The third kappa shape index (κ3) is 9.84. The fourth-order valence-electron chi connectivity index (χ4n) is 0.955. The van der Waals surface area contributed by atoms with Crippen molar-refractivity contribution in [3.63, 3.8) is 0 Å². The molecule has 0 aromatic rings. The van der Waals surface area contributed by atoms with E-state index in [1.807, 2.05) is 0 Å². The molecule has 0 radical (unpaired) electrons. The molecule has 0 amide bonds. The Kier molecular flexibility index (Phi) is 9.94. The summed E-state index contributed by atoms with van der Waals surface area (Å²) < 4.78 is 10.7.